The minimum atomic E-state index is -0.560. The minimum Gasteiger partial charge on any atom is -0.467 e. The van der Waals surface area contributed by atoms with Gasteiger partial charge in [-0.15, -0.1) is 10.2 Å². The maximum absolute atomic E-state index is 13.4. The first-order chi connectivity index (χ1) is 16.5. The number of carbonyl (C=O) groups excluding carboxylic acids is 2. The Bertz CT molecular complexity index is 1240. The van der Waals surface area contributed by atoms with E-state index in [0.717, 1.165) is 17.4 Å². The first-order valence-electron chi connectivity index (χ1n) is 10.3. The number of hydrogen-bond acceptors (Lipinski definition) is 7. The molecule has 2 aromatic heterocycles. The maximum atomic E-state index is 13.4. The Balaban J connectivity index is 1.41. The van der Waals surface area contributed by atoms with Gasteiger partial charge >= 0.3 is 5.97 Å². The molecule has 0 spiro atoms. The Kier molecular flexibility index (Phi) is 7.38. The highest BCUT2D eigenvalue weighted by molar-refractivity contribution is 7.99. The van der Waals surface area contributed by atoms with Crippen molar-refractivity contribution in [3.63, 3.8) is 0 Å². The number of amides is 1. The summed E-state index contributed by atoms with van der Waals surface area (Å²) in [6.45, 7) is -0.0900. The summed E-state index contributed by atoms with van der Waals surface area (Å²) in [6.07, 6.45) is 1.53. The summed E-state index contributed by atoms with van der Waals surface area (Å²) < 4.78 is 25.5. The van der Waals surface area contributed by atoms with Crippen molar-refractivity contribution in [1.29, 1.82) is 0 Å². The van der Waals surface area contributed by atoms with Crippen molar-refractivity contribution in [2.75, 3.05) is 19.4 Å². The summed E-state index contributed by atoms with van der Waals surface area (Å²) in [6, 6.07) is 18.8. The average Bonchev–Trinajstić information content (AvgIpc) is 3.52. The van der Waals surface area contributed by atoms with Gasteiger partial charge in [-0.3, -0.25) is 14.2 Å². The fraction of sp³-hybridized carbons (Fsp3) is 0.167. The molecule has 0 radical (unpaired) electrons. The molecule has 4 rings (SSSR count). The number of furan rings is 1. The molecule has 0 aliphatic carbocycles. The number of halogens is 1. The highest BCUT2D eigenvalue weighted by Crippen LogP contribution is 2.28. The quantitative estimate of drug-likeness (QED) is 0.265. The summed E-state index contributed by atoms with van der Waals surface area (Å²) in [4.78, 5) is 25.9. The number of likely N-dealkylation sites (N-methyl/N-ethyl adjacent to an activating group) is 1. The van der Waals surface area contributed by atoms with Gasteiger partial charge < -0.3 is 14.1 Å². The van der Waals surface area contributed by atoms with Gasteiger partial charge in [-0.25, -0.2) is 4.39 Å². The number of carbonyl (C=O) groups is 2. The van der Waals surface area contributed by atoms with Crippen LogP contribution in [0.4, 0.5) is 4.39 Å². The van der Waals surface area contributed by atoms with E-state index in [1.165, 1.54) is 23.3 Å². The largest absolute Gasteiger partial charge is 0.467 e. The van der Waals surface area contributed by atoms with Gasteiger partial charge in [0, 0.05) is 18.3 Å². The van der Waals surface area contributed by atoms with E-state index in [1.807, 2.05) is 30.3 Å². The molecule has 34 heavy (non-hydrogen) atoms. The lowest BCUT2D eigenvalue weighted by Gasteiger charge is -2.15. The number of nitrogens with zero attached hydrogens (tertiary/aromatic N) is 4. The zero-order valence-electron chi connectivity index (χ0n) is 18.3. The van der Waals surface area contributed by atoms with Crippen LogP contribution in [0.2, 0.25) is 0 Å². The number of thioether (sulfide) groups is 1. The van der Waals surface area contributed by atoms with E-state index in [4.69, 9.17) is 9.15 Å². The van der Waals surface area contributed by atoms with Crippen LogP contribution >= 0.6 is 11.8 Å². The van der Waals surface area contributed by atoms with Gasteiger partial charge in [0.1, 0.15) is 11.6 Å². The summed E-state index contributed by atoms with van der Waals surface area (Å²) in [7, 11) is 1.60. The smallest absolute Gasteiger partial charge is 0.316 e. The highest BCUT2D eigenvalue weighted by atomic mass is 32.2. The SMILES string of the molecule is CN(Cc1ccco1)C(=O)COC(=O)CSc1nnc(-c2ccc(F)cc2)n1-c1ccccc1. The third-order valence-corrected chi connectivity index (χ3v) is 5.73. The molecule has 0 bridgehead atoms. The van der Waals surface area contributed by atoms with E-state index in [1.54, 1.807) is 35.9 Å². The molecule has 1 amide bonds. The normalized spacial score (nSPS) is 10.8. The molecule has 0 saturated carbocycles. The van der Waals surface area contributed by atoms with E-state index in [2.05, 4.69) is 10.2 Å². The molecule has 0 N–H and O–H groups in total. The van der Waals surface area contributed by atoms with Gasteiger partial charge in [0.2, 0.25) is 0 Å². The Labute approximate surface area is 199 Å². The van der Waals surface area contributed by atoms with E-state index >= 15 is 0 Å². The lowest BCUT2D eigenvalue weighted by atomic mass is 10.2. The Morgan fingerprint density at radius 3 is 2.53 bits per heavy atom. The van der Waals surface area contributed by atoms with Crippen molar-refractivity contribution in [3.8, 4) is 17.1 Å². The van der Waals surface area contributed by atoms with Crippen molar-refractivity contribution < 1.29 is 23.1 Å². The zero-order valence-corrected chi connectivity index (χ0v) is 19.1. The van der Waals surface area contributed by atoms with E-state index in [9.17, 15) is 14.0 Å². The van der Waals surface area contributed by atoms with Gasteiger partial charge in [-0.05, 0) is 48.5 Å². The molecule has 2 aromatic carbocycles. The van der Waals surface area contributed by atoms with Crippen LogP contribution in [0.1, 0.15) is 5.76 Å². The van der Waals surface area contributed by atoms with Crippen molar-refractivity contribution in [3.05, 3.63) is 84.6 Å². The van der Waals surface area contributed by atoms with Crippen molar-refractivity contribution >= 4 is 23.6 Å². The molecular weight excluding hydrogens is 459 g/mol. The molecule has 4 aromatic rings. The topological polar surface area (TPSA) is 90.5 Å². The Hall–Kier alpha value is -3.92. The van der Waals surface area contributed by atoms with Crippen LogP contribution in [-0.4, -0.2) is 50.9 Å². The molecule has 0 atom stereocenters. The highest BCUT2D eigenvalue weighted by Gasteiger charge is 2.19. The van der Waals surface area contributed by atoms with Crippen LogP contribution in [-0.2, 0) is 20.9 Å². The number of ether oxygens (including phenoxy) is 1. The van der Waals surface area contributed by atoms with Gasteiger partial charge in [0.15, 0.2) is 17.6 Å². The number of rotatable bonds is 9. The standard InChI is InChI=1S/C24H21FN4O4S/c1-28(14-20-8-5-13-32-20)21(30)15-33-22(31)16-34-24-27-26-23(17-9-11-18(25)12-10-17)29(24)19-6-3-2-4-7-19/h2-13H,14-16H2,1H3. The lowest BCUT2D eigenvalue weighted by Crippen LogP contribution is -2.31. The molecule has 0 aliphatic rings. The lowest BCUT2D eigenvalue weighted by molar-refractivity contribution is -0.149. The number of esters is 1. The van der Waals surface area contributed by atoms with Crippen LogP contribution < -0.4 is 0 Å². The van der Waals surface area contributed by atoms with E-state index in [0.29, 0.717) is 22.3 Å². The fourth-order valence-corrected chi connectivity index (χ4v) is 3.85. The molecule has 10 heteroatoms. The second kappa shape index (κ2) is 10.8. The number of para-hydroxylation sites is 1. The Morgan fingerprint density at radius 1 is 1.06 bits per heavy atom. The summed E-state index contributed by atoms with van der Waals surface area (Å²) in [5.74, 6) is -0.178. The first-order valence-corrected chi connectivity index (χ1v) is 11.3. The first kappa shape index (κ1) is 23.2. The fourth-order valence-electron chi connectivity index (χ4n) is 3.10. The number of benzene rings is 2. The van der Waals surface area contributed by atoms with Crippen LogP contribution in [0.5, 0.6) is 0 Å². The third kappa shape index (κ3) is 5.70. The van der Waals surface area contributed by atoms with Crippen molar-refractivity contribution in [1.82, 2.24) is 19.7 Å². The zero-order chi connectivity index (χ0) is 23.9. The predicted octanol–water partition coefficient (Wildman–Crippen LogP) is 3.96. The van der Waals surface area contributed by atoms with Gasteiger partial charge in [0.05, 0.1) is 18.6 Å². The molecule has 0 aliphatic heterocycles. The van der Waals surface area contributed by atoms with E-state index in [-0.39, 0.29) is 30.6 Å². The van der Waals surface area contributed by atoms with Gasteiger partial charge in [-0.1, -0.05) is 30.0 Å². The summed E-state index contributed by atoms with van der Waals surface area (Å²) in [5, 5.41) is 8.93. The van der Waals surface area contributed by atoms with E-state index < -0.39 is 5.97 Å². The molecule has 174 valence electrons. The molecule has 0 saturated heterocycles. The molecule has 0 fully saturated rings. The monoisotopic (exact) mass is 480 g/mol. The van der Waals surface area contributed by atoms with Crippen LogP contribution in [0.3, 0.4) is 0 Å². The number of aromatic nitrogens is 3. The number of hydrogen-bond donors (Lipinski definition) is 0. The van der Waals surface area contributed by atoms with Crippen LogP contribution in [0, 0.1) is 5.82 Å². The minimum absolute atomic E-state index is 0.0659. The van der Waals surface area contributed by atoms with Crippen molar-refractivity contribution in [2.24, 2.45) is 0 Å². The second-order valence-electron chi connectivity index (χ2n) is 7.26. The molecule has 0 unspecified atom stereocenters. The molecule has 8 nitrogen and oxygen atoms in total. The summed E-state index contributed by atoms with van der Waals surface area (Å²) >= 11 is 1.13. The van der Waals surface area contributed by atoms with Crippen LogP contribution in [0.25, 0.3) is 17.1 Å². The Morgan fingerprint density at radius 2 is 1.82 bits per heavy atom. The summed E-state index contributed by atoms with van der Waals surface area (Å²) in [5.41, 5.74) is 1.47. The molecular formula is C24H21FN4O4S. The average molecular weight is 481 g/mol. The second-order valence-corrected chi connectivity index (χ2v) is 8.21. The third-order valence-electron chi connectivity index (χ3n) is 4.82. The maximum Gasteiger partial charge on any atom is 0.316 e. The molecule has 2 heterocycles. The van der Waals surface area contributed by atoms with Crippen LogP contribution in [0.15, 0.2) is 82.6 Å². The van der Waals surface area contributed by atoms with Gasteiger partial charge in [-0.2, -0.15) is 0 Å². The van der Waals surface area contributed by atoms with Gasteiger partial charge in [0.25, 0.3) is 5.91 Å². The predicted molar refractivity (Wildman–Crippen MR) is 124 cm³/mol. The van der Waals surface area contributed by atoms with Crippen molar-refractivity contribution in [2.45, 2.75) is 11.7 Å².